The van der Waals surface area contributed by atoms with E-state index < -0.39 is 42.5 Å². The number of carbonyl (C=O) groups is 4. The van der Waals surface area contributed by atoms with Crippen LogP contribution < -0.4 is 5.32 Å². The Morgan fingerprint density at radius 1 is 1.00 bits per heavy atom. The van der Waals surface area contributed by atoms with Crippen LogP contribution >= 0.6 is 0 Å². The third-order valence-corrected chi connectivity index (χ3v) is 6.59. The highest BCUT2D eigenvalue weighted by molar-refractivity contribution is 5.89. The molecule has 1 aliphatic heterocycles. The van der Waals surface area contributed by atoms with Gasteiger partial charge in [0.1, 0.15) is 12.1 Å². The summed E-state index contributed by atoms with van der Waals surface area (Å²) in [6, 6.07) is 15.6. The summed E-state index contributed by atoms with van der Waals surface area (Å²) in [6.07, 6.45) is 2.70. The molecule has 0 unspecified atom stereocenters. The molecule has 39 heavy (non-hydrogen) atoms. The molecule has 0 saturated carbocycles. The normalized spacial score (nSPS) is 13.9. The van der Waals surface area contributed by atoms with E-state index >= 15 is 0 Å². The number of carbonyl (C=O) groups excluding carboxylic acids is 4. The van der Waals surface area contributed by atoms with Crippen LogP contribution in [0.3, 0.4) is 0 Å². The fraction of sp³-hybridized carbons (Fsp3) is 0.400. The van der Waals surface area contributed by atoms with Gasteiger partial charge in [-0.2, -0.15) is 0 Å². The standard InChI is InChI=1S/C30H35N3O6/c1-30(2,3)39-27(35)15-22(14-23-16-31-25-11-7-6-10-24(23)25)29(37)32-17-28(36)38-19-26(34)33-13-12-20-8-4-5-9-21(20)18-33/h4-11,16,22,31H,12-15,17-19H2,1-3H3,(H,32,37)/t22-/m0/s1. The van der Waals surface area contributed by atoms with Gasteiger partial charge in [0.15, 0.2) is 6.61 Å². The van der Waals surface area contributed by atoms with Crippen LogP contribution in [0.5, 0.6) is 0 Å². The van der Waals surface area contributed by atoms with Crippen molar-refractivity contribution < 1.29 is 28.7 Å². The van der Waals surface area contributed by atoms with Gasteiger partial charge in [-0.25, -0.2) is 0 Å². The Labute approximate surface area is 227 Å². The molecule has 1 atom stereocenters. The molecule has 0 saturated heterocycles. The Bertz CT molecular complexity index is 1360. The van der Waals surface area contributed by atoms with Gasteiger partial charge < -0.3 is 24.7 Å². The average Bonchev–Trinajstić information content (AvgIpc) is 3.31. The minimum Gasteiger partial charge on any atom is -0.460 e. The SMILES string of the molecule is CC(C)(C)OC(=O)C[C@H](Cc1c[nH]c2ccccc12)C(=O)NCC(=O)OCC(=O)N1CCc2ccccc2C1. The summed E-state index contributed by atoms with van der Waals surface area (Å²) in [5.41, 5.74) is 3.42. The number of hydrogen-bond donors (Lipinski definition) is 2. The van der Waals surface area contributed by atoms with E-state index in [1.807, 2.05) is 48.7 Å². The van der Waals surface area contributed by atoms with Gasteiger partial charge in [-0.15, -0.1) is 0 Å². The first-order valence-corrected chi connectivity index (χ1v) is 13.1. The van der Waals surface area contributed by atoms with E-state index in [0.29, 0.717) is 13.1 Å². The molecule has 9 heteroatoms. The Hall–Kier alpha value is -4.14. The zero-order valence-electron chi connectivity index (χ0n) is 22.6. The highest BCUT2D eigenvalue weighted by Gasteiger charge is 2.27. The maximum atomic E-state index is 13.1. The summed E-state index contributed by atoms with van der Waals surface area (Å²) in [5.74, 6) is -2.74. The number of nitrogens with one attached hydrogen (secondary N) is 2. The summed E-state index contributed by atoms with van der Waals surface area (Å²) in [7, 11) is 0. The van der Waals surface area contributed by atoms with Crippen LogP contribution in [0.2, 0.25) is 0 Å². The van der Waals surface area contributed by atoms with Gasteiger partial charge in [0.05, 0.1) is 12.3 Å². The number of benzene rings is 2. The molecular weight excluding hydrogens is 498 g/mol. The second kappa shape index (κ2) is 12.1. The van der Waals surface area contributed by atoms with Crippen LogP contribution in [0.4, 0.5) is 0 Å². The summed E-state index contributed by atoms with van der Waals surface area (Å²) < 4.78 is 10.6. The number of para-hydroxylation sites is 1. The first kappa shape index (κ1) is 27.9. The molecule has 9 nitrogen and oxygen atoms in total. The molecule has 2 heterocycles. The van der Waals surface area contributed by atoms with Crippen molar-refractivity contribution >= 4 is 34.7 Å². The molecule has 0 aliphatic carbocycles. The third kappa shape index (κ3) is 7.69. The van der Waals surface area contributed by atoms with Crippen LogP contribution in [-0.4, -0.2) is 58.9 Å². The van der Waals surface area contributed by atoms with Crippen molar-refractivity contribution in [2.24, 2.45) is 5.92 Å². The second-order valence-corrected chi connectivity index (χ2v) is 10.8. The van der Waals surface area contributed by atoms with E-state index in [0.717, 1.165) is 28.5 Å². The lowest BCUT2D eigenvalue weighted by Crippen LogP contribution is -2.40. The van der Waals surface area contributed by atoms with E-state index in [-0.39, 0.29) is 18.7 Å². The van der Waals surface area contributed by atoms with Crippen LogP contribution in [0.1, 0.15) is 43.9 Å². The number of rotatable bonds is 9. The van der Waals surface area contributed by atoms with Gasteiger partial charge in [-0.3, -0.25) is 19.2 Å². The number of esters is 2. The Balaban J connectivity index is 1.31. The van der Waals surface area contributed by atoms with E-state index in [1.165, 1.54) is 5.56 Å². The van der Waals surface area contributed by atoms with Gasteiger partial charge in [-0.1, -0.05) is 42.5 Å². The van der Waals surface area contributed by atoms with Gasteiger partial charge in [0.25, 0.3) is 5.91 Å². The molecule has 2 N–H and O–H groups in total. The maximum absolute atomic E-state index is 13.1. The Morgan fingerprint density at radius 2 is 1.72 bits per heavy atom. The summed E-state index contributed by atoms with van der Waals surface area (Å²) in [4.78, 5) is 55.4. The summed E-state index contributed by atoms with van der Waals surface area (Å²) in [5, 5.41) is 3.53. The average molecular weight is 534 g/mol. The lowest BCUT2D eigenvalue weighted by Gasteiger charge is -2.28. The van der Waals surface area contributed by atoms with Crippen molar-refractivity contribution in [1.82, 2.24) is 15.2 Å². The van der Waals surface area contributed by atoms with Crippen molar-refractivity contribution in [3.8, 4) is 0 Å². The molecule has 1 aliphatic rings. The second-order valence-electron chi connectivity index (χ2n) is 10.8. The molecule has 4 rings (SSSR count). The van der Waals surface area contributed by atoms with Crippen molar-refractivity contribution in [3.63, 3.8) is 0 Å². The smallest absolute Gasteiger partial charge is 0.325 e. The molecule has 1 aromatic heterocycles. The maximum Gasteiger partial charge on any atom is 0.325 e. The molecule has 0 fully saturated rings. The van der Waals surface area contributed by atoms with E-state index in [2.05, 4.69) is 16.4 Å². The predicted molar refractivity (Wildman–Crippen MR) is 145 cm³/mol. The van der Waals surface area contributed by atoms with Crippen molar-refractivity contribution in [3.05, 3.63) is 71.4 Å². The molecule has 0 radical (unpaired) electrons. The molecule has 0 spiro atoms. The number of H-pyrrole nitrogens is 1. The minimum absolute atomic E-state index is 0.146. The quantitative estimate of drug-likeness (QED) is 0.408. The zero-order chi connectivity index (χ0) is 28.0. The van der Waals surface area contributed by atoms with Crippen molar-refractivity contribution in [2.45, 2.75) is 52.2 Å². The molecule has 3 aromatic rings. The van der Waals surface area contributed by atoms with Crippen LogP contribution in [0.15, 0.2) is 54.7 Å². The largest absolute Gasteiger partial charge is 0.460 e. The molecule has 2 aromatic carbocycles. The van der Waals surface area contributed by atoms with Crippen LogP contribution in [0, 0.1) is 5.92 Å². The fourth-order valence-electron chi connectivity index (χ4n) is 4.70. The molecule has 0 bridgehead atoms. The Morgan fingerprint density at radius 3 is 2.49 bits per heavy atom. The molecule has 2 amide bonds. The number of fused-ring (bicyclic) bond motifs is 2. The van der Waals surface area contributed by atoms with E-state index in [4.69, 9.17) is 9.47 Å². The summed E-state index contributed by atoms with van der Waals surface area (Å²) in [6.45, 7) is 5.52. The minimum atomic E-state index is -0.762. The number of ether oxygens (including phenoxy) is 2. The van der Waals surface area contributed by atoms with Crippen molar-refractivity contribution in [1.29, 1.82) is 0 Å². The van der Waals surface area contributed by atoms with Gasteiger partial charge in [-0.05, 0) is 56.4 Å². The number of hydrogen-bond acceptors (Lipinski definition) is 6. The monoisotopic (exact) mass is 533 g/mol. The number of aromatic amines is 1. The van der Waals surface area contributed by atoms with Gasteiger partial charge in [0, 0.05) is 30.2 Å². The summed E-state index contributed by atoms with van der Waals surface area (Å²) >= 11 is 0. The van der Waals surface area contributed by atoms with Crippen LogP contribution in [0.25, 0.3) is 10.9 Å². The van der Waals surface area contributed by atoms with Gasteiger partial charge >= 0.3 is 11.9 Å². The van der Waals surface area contributed by atoms with Gasteiger partial charge in [0.2, 0.25) is 5.91 Å². The topological polar surface area (TPSA) is 118 Å². The third-order valence-electron chi connectivity index (χ3n) is 6.59. The fourth-order valence-corrected chi connectivity index (χ4v) is 4.70. The Kier molecular flexibility index (Phi) is 8.69. The lowest BCUT2D eigenvalue weighted by atomic mass is 9.94. The lowest BCUT2D eigenvalue weighted by molar-refractivity contribution is -0.157. The molecular formula is C30H35N3O6. The van der Waals surface area contributed by atoms with E-state index in [1.54, 1.807) is 25.7 Å². The number of amides is 2. The number of nitrogens with zero attached hydrogens (tertiary/aromatic N) is 1. The van der Waals surface area contributed by atoms with Crippen molar-refractivity contribution in [2.75, 3.05) is 19.7 Å². The highest BCUT2D eigenvalue weighted by atomic mass is 16.6. The first-order valence-electron chi connectivity index (χ1n) is 13.1. The van der Waals surface area contributed by atoms with Crippen LogP contribution in [-0.2, 0) is 48.0 Å². The predicted octanol–water partition coefficient (Wildman–Crippen LogP) is 3.30. The first-order chi connectivity index (χ1) is 18.6. The number of aromatic nitrogens is 1. The molecule has 206 valence electrons. The zero-order valence-corrected chi connectivity index (χ0v) is 22.6. The van der Waals surface area contributed by atoms with E-state index in [9.17, 15) is 19.2 Å². The highest BCUT2D eigenvalue weighted by Crippen LogP contribution is 2.23.